The van der Waals surface area contributed by atoms with Crippen LogP contribution in [0.4, 0.5) is 5.69 Å². The zero-order valence-electron chi connectivity index (χ0n) is 11.5. The number of amides is 1. The van der Waals surface area contributed by atoms with E-state index >= 15 is 0 Å². The van der Waals surface area contributed by atoms with Crippen molar-refractivity contribution in [3.63, 3.8) is 0 Å². The Hall–Kier alpha value is -1.89. The first-order chi connectivity index (χ1) is 9.69. The monoisotopic (exact) mass is 291 g/mol. The normalized spacial score (nSPS) is 10.5. The van der Waals surface area contributed by atoms with E-state index in [0.717, 1.165) is 35.1 Å². The van der Waals surface area contributed by atoms with Gasteiger partial charge in [-0.15, -0.1) is 16.9 Å². The highest BCUT2D eigenvalue weighted by Gasteiger charge is 2.06. The van der Waals surface area contributed by atoms with Crippen LogP contribution in [0.15, 0.2) is 29.2 Å². The van der Waals surface area contributed by atoms with Gasteiger partial charge in [-0.1, -0.05) is 6.92 Å². The Morgan fingerprint density at radius 3 is 2.75 bits per heavy atom. The zero-order chi connectivity index (χ0) is 14.4. The smallest absolute Gasteiger partial charge is 0.221 e. The molecule has 0 saturated carbocycles. The SMILES string of the molecule is CCCn1nnnc1CSc1ccc(NC(C)=O)cc1. The van der Waals surface area contributed by atoms with Gasteiger partial charge in [-0.3, -0.25) is 4.79 Å². The summed E-state index contributed by atoms with van der Waals surface area (Å²) in [5.74, 6) is 1.54. The van der Waals surface area contributed by atoms with Gasteiger partial charge in [0.15, 0.2) is 5.82 Å². The van der Waals surface area contributed by atoms with Crippen molar-refractivity contribution in [2.24, 2.45) is 0 Å². The minimum absolute atomic E-state index is 0.0656. The fraction of sp³-hybridized carbons (Fsp3) is 0.385. The van der Waals surface area contributed by atoms with E-state index in [0.29, 0.717) is 0 Å². The van der Waals surface area contributed by atoms with Crippen molar-refractivity contribution >= 4 is 23.4 Å². The first-order valence-electron chi connectivity index (χ1n) is 6.44. The highest BCUT2D eigenvalue weighted by Crippen LogP contribution is 2.23. The molecular weight excluding hydrogens is 274 g/mol. The lowest BCUT2D eigenvalue weighted by Crippen LogP contribution is -2.05. The lowest BCUT2D eigenvalue weighted by Gasteiger charge is -2.05. The molecule has 0 unspecified atom stereocenters. The molecule has 1 heterocycles. The number of hydrogen-bond donors (Lipinski definition) is 1. The largest absolute Gasteiger partial charge is 0.326 e. The first kappa shape index (κ1) is 14.5. The summed E-state index contributed by atoms with van der Waals surface area (Å²) in [6, 6.07) is 7.73. The number of hydrogen-bond acceptors (Lipinski definition) is 5. The summed E-state index contributed by atoms with van der Waals surface area (Å²) < 4.78 is 1.83. The number of anilines is 1. The number of aryl methyl sites for hydroxylation is 1. The van der Waals surface area contributed by atoms with Crippen LogP contribution < -0.4 is 5.32 Å². The number of benzene rings is 1. The number of carbonyl (C=O) groups is 1. The lowest BCUT2D eigenvalue weighted by atomic mass is 10.3. The number of thioether (sulfide) groups is 1. The van der Waals surface area contributed by atoms with Crippen molar-refractivity contribution in [2.45, 2.75) is 37.5 Å². The van der Waals surface area contributed by atoms with Gasteiger partial charge >= 0.3 is 0 Å². The molecule has 0 saturated heterocycles. The van der Waals surface area contributed by atoms with Gasteiger partial charge in [0.05, 0.1) is 5.75 Å². The minimum atomic E-state index is -0.0656. The Kier molecular flexibility index (Phi) is 5.11. The van der Waals surface area contributed by atoms with Crippen LogP contribution in [-0.2, 0) is 17.1 Å². The third-order valence-corrected chi connectivity index (χ3v) is 3.59. The van der Waals surface area contributed by atoms with Crippen molar-refractivity contribution < 1.29 is 4.79 Å². The average molecular weight is 291 g/mol. The molecule has 2 rings (SSSR count). The summed E-state index contributed by atoms with van der Waals surface area (Å²) in [5.41, 5.74) is 0.803. The number of rotatable bonds is 6. The zero-order valence-corrected chi connectivity index (χ0v) is 12.4. The second kappa shape index (κ2) is 7.04. The maximum atomic E-state index is 10.9. The molecule has 6 nitrogen and oxygen atoms in total. The molecule has 1 amide bonds. The molecule has 1 aromatic heterocycles. The maximum absolute atomic E-state index is 10.9. The standard InChI is InChI=1S/C13H17N5OS/c1-3-8-18-13(15-16-17-18)9-20-12-6-4-11(5-7-12)14-10(2)19/h4-7H,3,8-9H2,1-2H3,(H,14,19). The molecule has 0 aliphatic rings. The second-order valence-electron chi connectivity index (χ2n) is 4.31. The van der Waals surface area contributed by atoms with Crippen LogP contribution >= 0.6 is 11.8 Å². The second-order valence-corrected chi connectivity index (χ2v) is 5.36. The van der Waals surface area contributed by atoms with Crippen LogP contribution in [0, 0.1) is 0 Å². The van der Waals surface area contributed by atoms with E-state index in [1.54, 1.807) is 11.8 Å². The summed E-state index contributed by atoms with van der Waals surface area (Å²) in [5, 5.41) is 14.4. The number of nitrogens with one attached hydrogen (secondary N) is 1. The topological polar surface area (TPSA) is 72.7 Å². The van der Waals surface area contributed by atoms with E-state index in [4.69, 9.17) is 0 Å². The van der Waals surface area contributed by atoms with Gasteiger partial charge in [0.25, 0.3) is 0 Å². The molecule has 0 radical (unpaired) electrons. The third kappa shape index (κ3) is 4.06. The van der Waals surface area contributed by atoms with Crippen LogP contribution in [-0.4, -0.2) is 26.1 Å². The number of carbonyl (C=O) groups excluding carboxylic acids is 1. The lowest BCUT2D eigenvalue weighted by molar-refractivity contribution is -0.114. The van der Waals surface area contributed by atoms with Gasteiger partial charge in [-0.2, -0.15) is 0 Å². The molecule has 0 aliphatic carbocycles. The van der Waals surface area contributed by atoms with Gasteiger partial charge in [-0.25, -0.2) is 4.68 Å². The van der Waals surface area contributed by atoms with E-state index in [-0.39, 0.29) is 5.91 Å². The molecule has 0 fully saturated rings. The highest BCUT2D eigenvalue weighted by atomic mass is 32.2. The first-order valence-corrected chi connectivity index (χ1v) is 7.43. The van der Waals surface area contributed by atoms with Gasteiger partial charge in [-0.05, 0) is 41.1 Å². The predicted molar refractivity (Wildman–Crippen MR) is 78.4 cm³/mol. The van der Waals surface area contributed by atoms with Crippen LogP contribution in [0.3, 0.4) is 0 Å². The third-order valence-electron chi connectivity index (χ3n) is 2.58. The Balaban J connectivity index is 1.93. The van der Waals surface area contributed by atoms with Crippen molar-refractivity contribution in [1.29, 1.82) is 0 Å². The van der Waals surface area contributed by atoms with Crippen LogP contribution in [0.2, 0.25) is 0 Å². The molecule has 1 aromatic carbocycles. The highest BCUT2D eigenvalue weighted by molar-refractivity contribution is 7.98. The van der Waals surface area contributed by atoms with Crippen molar-refractivity contribution in [2.75, 3.05) is 5.32 Å². The van der Waals surface area contributed by atoms with Gasteiger partial charge in [0, 0.05) is 24.1 Å². The van der Waals surface area contributed by atoms with Crippen molar-refractivity contribution in [3.05, 3.63) is 30.1 Å². The summed E-state index contributed by atoms with van der Waals surface area (Å²) in [4.78, 5) is 12.1. The molecule has 20 heavy (non-hydrogen) atoms. The van der Waals surface area contributed by atoms with E-state index < -0.39 is 0 Å². The van der Waals surface area contributed by atoms with E-state index in [1.165, 1.54) is 6.92 Å². The minimum Gasteiger partial charge on any atom is -0.326 e. The van der Waals surface area contributed by atoms with E-state index in [1.807, 2.05) is 28.9 Å². The van der Waals surface area contributed by atoms with Gasteiger partial charge in [0.2, 0.25) is 5.91 Å². The Bertz CT molecular complexity index is 566. The predicted octanol–water partition coefficient (Wildman–Crippen LogP) is 2.33. The molecule has 2 aromatic rings. The molecule has 1 N–H and O–H groups in total. The molecule has 0 spiro atoms. The molecule has 0 atom stereocenters. The average Bonchev–Trinajstić information content (AvgIpc) is 2.85. The van der Waals surface area contributed by atoms with Crippen LogP contribution in [0.25, 0.3) is 0 Å². The maximum Gasteiger partial charge on any atom is 0.221 e. The van der Waals surface area contributed by atoms with Crippen molar-refractivity contribution in [3.8, 4) is 0 Å². The number of aromatic nitrogens is 4. The quantitative estimate of drug-likeness (QED) is 0.827. The Morgan fingerprint density at radius 1 is 1.35 bits per heavy atom. The van der Waals surface area contributed by atoms with Crippen LogP contribution in [0.5, 0.6) is 0 Å². The summed E-state index contributed by atoms with van der Waals surface area (Å²) >= 11 is 1.67. The number of tetrazole rings is 1. The van der Waals surface area contributed by atoms with Crippen molar-refractivity contribution in [1.82, 2.24) is 20.2 Å². The van der Waals surface area contributed by atoms with Gasteiger partial charge < -0.3 is 5.32 Å². The summed E-state index contributed by atoms with van der Waals surface area (Å²) in [6.07, 6.45) is 1.01. The summed E-state index contributed by atoms with van der Waals surface area (Å²) in [7, 11) is 0. The molecular formula is C13H17N5OS. The van der Waals surface area contributed by atoms with Gasteiger partial charge in [0.1, 0.15) is 0 Å². The molecule has 7 heteroatoms. The fourth-order valence-corrected chi connectivity index (χ4v) is 2.53. The Labute approximate surface area is 121 Å². The van der Waals surface area contributed by atoms with E-state index in [2.05, 4.69) is 27.8 Å². The van der Waals surface area contributed by atoms with Crippen LogP contribution in [0.1, 0.15) is 26.1 Å². The Morgan fingerprint density at radius 2 is 2.10 bits per heavy atom. The molecule has 0 bridgehead atoms. The fourth-order valence-electron chi connectivity index (χ4n) is 1.70. The molecule has 106 valence electrons. The molecule has 0 aliphatic heterocycles. The number of nitrogens with zero attached hydrogens (tertiary/aromatic N) is 4. The van der Waals surface area contributed by atoms with E-state index in [9.17, 15) is 4.79 Å². The summed E-state index contributed by atoms with van der Waals surface area (Å²) in [6.45, 7) is 4.43.